The Morgan fingerprint density at radius 3 is 2.20 bits per heavy atom. The van der Waals surface area contributed by atoms with Crippen LogP contribution in [0.3, 0.4) is 0 Å². The van der Waals surface area contributed by atoms with E-state index in [2.05, 4.69) is 58.2 Å². The summed E-state index contributed by atoms with van der Waals surface area (Å²) < 4.78 is 11.3. The maximum Gasteiger partial charge on any atom is 0.191 e. The van der Waals surface area contributed by atoms with E-state index in [0.717, 1.165) is 18.8 Å². The average Bonchev–Trinajstić information content (AvgIpc) is 2.37. The molecule has 0 saturated carbocycles. The van der Waals surface area contributed by atoms with Crippen molar-refractivity contribution in [3.8, 4) is 5.75 Å². The van der Waals surface area contributed by atoms with Gasteiger partial charge in [0.25, 0.3) is 0 Å². The predicted molar refractivity (Wildman–Crippen MR) is 89.8 cm³/mol. The second-order valence-electron chi connectivity index (χ2n) is 6.57. The minimum Gasteiger partial charge on any atom is -0.497 e. The molecule has 0 bridgehead atoms. The zero-order valence-corrected chi connectivity index (χ0v) is 14.7. The molecule has 0 heterocycles. The minimum absolute atomic E-state index is 0.284. The van der Waals surface area contributed by atoms with Gasteiger partial charge in [-0.25, -0.2) is 0 Å². The van der Waals surface area contributed by atoms with Crippen LogP contribution in [-0.2, 0) is 4.43 Å². The van der Waals surface area contributed by atoms with Gasteiger partial charge in [-0.15, -0.1) is 0 Å². The Kier molecular flexibility index (Phi) is 6.02. The lowest BCUT2D eigenvalue weighted by Gasteiger charge is -2.36. The van der Waals surface area contributed by atoms with E-state index < -0.39 is 8.32 Å². The lowest BCUT2D eigenvalue weighted by Crippen LogP contribution is -2.40. The Hall–Kier alpha value is -1.06. The van der Waals surface area contributed by atoms with Gasteiger partial charge in [-0.05, 0) is 42.2 Å². The summed E-state index contributed by atoms with van der Waals surface area (Å²) in [7, 11) is 0.0866. The second kappa shape index (κ2) is 7.09. The molecule has 0 aliphatic rings. The molecule has 20 heavy (non-hydrogen) atoms. The molecule has 112 valence electrons. The number of benzene rings is 1. The summed E-state index contributed by atoms with van der Waals surface area (Å²) in [4.78, 5) is 0. The smallest absolute Gasteiger partial charge is 0.191 e. The summed E-state index contributed by atoms with van der Waals surface area (Å²) in [5.74, 6) is 0.892. The molecular weight excluding hydrogens is 264 g/mol. The fourth-order valence-electron chi connectivity index (χ4n) is 1.53. The maximum absolute atomic E-state index is 6.14. The normalized spacial score (nSPS) is 12.9. The average molecular weight is 292 g/mol. The van der Waals surface area contributed by atoms with Crippen LogP contribution in [-0.4, -0.2) is 22.0 Å². The molecule has 0 saturated heterocycles. The molecule has 0 atom stereocenters. The lowest BCUT2D eigenvalue weighted by atomic mass is 10.2. The second-order valence-corrected chi connectivity index (χ2v) is 11.4. The molecule has 0 N–H and O–H groups in total. The monoisotopic (exact) mass is 292 g/mol. The molecule has 0 spiro atoms. The van der Waals surface area contributed by atoms with Crippen molar-refractivity contribution in [1.82, 2.24) is 0 Å². The molecule has 0 aliphatic heterocycles. The van der Waals surface area contributed by atoms with E-state index in [4.69, 9.17) is 9.16 Å². The van der Waals surface area contributed by atoms with Gasteiger partial charge in [0.1, 0.15) is 5.75 Å². The van der Waals surface area contributed by atoms with Crippen molar-refractivity contribution in [2.24, 2.45) is 0 Å². The molecule has 0 radical (unpaired) electrons. The van der Waals surface area contributed by atoms with Crippen LogP contribution in [0.25, 0.3) is 6.08 Å². The third kappa shape index (κ3) is 5.14. The van der Waals surface area contributed by atoms with Gasteiger partial charge in [-0.2, -0.15) is 0 Å². The predicted octanol–water partition coefficient (Wildman–Crippen LogP) is 5.12. The molecular formula is C17H28O2Si. The zero-order chi connectivity index (χ0) is 15.2. The number of hydrogen-bond acceptors (Lipinski definition) is 2. The van der Waals surface area contributed by atoms with Crippen LogP contribution in [0.4, 0.5) is 0 Å². The zero-order valence-electron chi connectivity index (χ0n) is 13.7. The highest BCUT2D eigenvalue weighted by atomic mass is 28.4. The number of methoxy groups -OCH3 is 1. The highest BCUT2D eigenvalue weighted by Crippen LogP contribution is 2.36. The summed E-state index contributed by atoms with van der Waals surface area (Å²) in [6.45, 7) is 12.2. The first kappa shape index (κ1) is 17.0. The van der Waals surface area contributed by atoms with E-state index in [1.807, 2.05) is 12.1 Å². The molecule has 2 nitrogen and oxygen atoms in total. The maximum atomic E-state index is 6.14. The molecule has 0 aromatic heterocycles. The quantitative estimate of drug-likeness (QED) is 0.535. The van der Waals surface area contributed by atoms with E-state index in [1.165, 1.54) is 5.56 Å². The molecule has 0 unspecified atom stereocenters. The van der Waals surface area contributed by atoms with Crippen molar-refractivity contribution in [1.29, 1.82) is 0 Å². The molecule has 3 heteroatoms. The Bertz CT molecular complexity index is 427. The van der Waals surface area contributed by atoms with Gasteiger partial charge in [0.2, 0.25) is 0 Å². The molecule has 0 amide bonds. The van der Waals surface area contributed by atoms with Gasteiger partial charge in [0.15, 0.2) is 8.32 Å². The molecule has 0 aliphatic carbocycles. The van der Waals surface area contributed by atoms with Crippen molar-refractivity contribution in [2.75, 3.05) is 13.7 Å². The van der Waals surface area contributed by atoms with Crippen molar-refractivity contribution in [2.45, 2.75) is 45.3 Å². The van der Waals surface area contributed by atoms with Crippen LogP contribution >= 0.6 is 0 Å². The van der Waals surface area contributed by atoms with E-state index in [-0.39, 0.29) is 5.04 Å². The molecule has 0 fully saturated rings. The van der Waals surface area contributed by atoms with Crippen molar-refractivity contribution in [3.63, 3.8) is 0 Å². The fourth-order valence-corrected chi connectivity index (χ4v) is 2.59. The molecule has 1 aromatic rings. The Morgan fingerprint density at radius 1 is 1.10 bits per heavy atom. The van der Waals surface area contributed by atoms with E-state index in [0.29, 0.717) is 0 Å². The van der Waals surface area contributed by atoms with Gasteiger partial charge in [0, 0.05) is 6.61 Å². The van der Waals surface area contributed by atoms with Crippen molar-refractivity contribution >= 4 is 14.4 Å². The van der Waals surface area contributed by atoms with E-state index in [9.17, 15) is 0 Å². The van der Waals surface area contributed by atoms with Crippen molar-refractivity contribution < 1.29 is 9.16 Å². The van der Waals surface area contributed by atoms with Crippen molar-refractivity contribution in [3.05, 3.63) is 35.9 Å². The Balaban J connectivity index is 2.38. The van der Waals surface area contributed by atoms with E-state index in [1.54, 1.807) is 7.11 Å². The summed E-state index contributed by atoms with van der Waals surface area (Å²) in [5, 5.41) is 0.284. The topological polar surface area (TPSA) is 18.5 Å². The van der Waals surface area contributed by atoms with Gasteiger partial charge in [-0.1, -0.05) is 45.1 Å². The highest BCUT2D eigenvalue weighted by Gasteiger charge is 2.36. The van der Waals surface area contributed by atoms with Gasteiger partial charge in [0.05, 0.1) is 7.11 Å². The molecule has 1 rings (SSSR count). The number of hydrogen-bond donors (Lipinski definition) is 0. The van der Waals surface area contributed by atoms with Gasteiger partial charge >= 0.3 is 0 Å². The molecule has 1 aromatic carbocycles. The Morgan fingerprint density at radius 2 is 1.70 bits per heavy atom. The van der Waals surface area contributed by atoms with E-state index >= 15 is 0 Å². The van der Waals surface area contributed by atoms with Crippen LogP contribution in [0.2, 0.25) is 18.1 Å². The number of rotatable bonds is 6. The standard InChI is InChI=1S/C17H28O2Si/c1-17(2,3)20(5,6)19-14-8-7-9-15-10-12-16(18-4)13-11-15/h7,9-13H,8,14H2,1-6H3. The summed E-state index contributed by atoms with van der Waals surface area (Å²) in [6.07, 6.45) is 5.27. The van der Waals surface area contributed by atoms with Crippen LogP contribution < -0.4 is 4.74 Å². The Labute approximate surface area is 124 Å². The van der Waals surface area contributed by atoms with Gasteiger partial charge in [-0.3, -0.25) is 0 Å². The summed E-state index contributed by atoms with van der Waals surface area (Å²) >= 11 is 0. The van der Waals surface area contributed by atoms with Gasteiger partial charge < -0.3 is 9.16 Å². The lowest BCUT2D eigenvalue weighted by molar-refractivity contribution is 0.294. The third-order valence-electron chi connectivity index (χ3n) is 3.98. The summed E-state index contributed by atoms with van der Waals surface area (Å²) in [5.41, 5.74) is 1.19. The first-order valence-corrected chi connectivity index (χ1v) is 10.1. The van der Waals surface area contributed by atoms with Crippen LogP contribution in [0.5, 0.6) is 5.75 Å². The SMILES string of the molecule is COc1ccc(C=CCCO[Si](C)(C)C(C)(C)C)cc1. The number of ether oxygens (including phenoxy) is 1. The minimum atomic E-state index is -1.60. The van der Waals surface area contributed by atoms with Crippen LogP contribution in [0.15, 0.2) is 30.3 Å². The highest BCUT2D eigenvalue weighted by molar-refractivity contribution is 6.74. The third-order valence-corrected chi connectivity index (χ3v) is 8.52. The fraction of sp³-hybridized carbons (Fsp3) is 0.529. The van der Waals surface area contributed by atoms with Crippen LogP contribution in [0, 0.1) is 0 Å². The largest absolute Gasteiger partial charge is 0.497 e. The van der Waals surface area contributed by atoms with Crippen LogP contribution in [0.1, 0.15) is 32.8 Å². The first-order chi connectivity index (χ1) is 9.26. The summed E-state index contributed by atoms with van der Waals surface area (Å²) in [6, 6.07) is 8.08. The first-order valence-electron chi connectivity index (χ1n) is 7.21.